The molecule has 0 fully saturated rings. The number of rotatable bonds is 3. The highest BCUT2D eigenvalue weighted by Gasteiger charge is 2.23. The fourth-order valence-corrected chi connectivity index (χ4v) is 4.13. The quantitative estimate of drug-likeness (QED) is 0.945. The van der Waals surface area contributed by atoms with E-state index in [4.69, 9.17) is 10.7 Å². The molecule has 2 aromatic heterocycles. The summed E-state index contributed by atoms with van der Waals surface area (Å²) in [7, 11) is 2.07. The fraction of sp³-hybridized carbons (Fsp3) is 0.538. The van der Waals surface area contributed by atoms with E-state index in [1.165, 1.54) is 11.3 Å². The minimum atomic E-state index is 0.128. The summed E-state index contributed by atoms with van der Waals surface area (Å²) in [5, 5.41) is 4.29. The van der Waals surface area contributed by atoms with Crippen LogP contribution in [0.5, 0.6) is 0 Å². The second kappa shape index (κ2) is 5.19. The Morgan fingerprint density at radius 1 is 1.47 bits per heavy atom. The minimum Gasteiger partial charge on any atom is -0.345 e. The van der Waals surface area contributed by atoms with Gasteiger partial charge in [0.05, 0.1) is 22.9 Å². The molecule has 0 saturated heterocycles. The predicted molar refractivity (Wildman–Crippen MR) is 80.9 cm³/mol. The van der Waals surface area contributed by atoms with Gasteiger partial charge in [0, 0.05) is 23.3 Å². The molecule has 0 aliphatic heterocycles. The largest absolute Gasteiger partial charge is 0.345 e. The number of hydrogen-bond acceptors (Lipinski definition) is 6. The number of thiazole rings is 2. The Hall–Kier alpha value is -0.980. The maximum Gasteiger partial charge on any atom is 0.185 e. The Morgan fingerprint density at radius 2 is 2.32 bits per heavy atom. The molecule has 0 spiro atoms. The van der Waals surface area contributed by atoms with Gasteiger partial charge in [0.1, 0.15) is 0 Å². The lowest BCUT2D eigenvalue weighted by Crippen LogP contribution is -2.18. The average molecular weight is 294 g/mol. The fourth-order valence-electron chi connectivity index (χ4n) is 2.39. The smallest absolute Gasteiger partial charge is 0.185 e. The number of aromatic nitrogens is 2. The van der Waals surface area contributed by atoms with Gasteiger partial charge in [-0.2, -0.15) is 0 Å². The SMILES string of the molecule is Cc1nc(CN(C)c2nc3c(s2)CCCC3N)cs1. The Bertz CT molecular complexity index is 575. The van der Waals surface area contributed by atoms with E-state index in [9.17, 15) is 0 Å². The van der Waals surface area contributed by atoms with Crippen molar-refractivity contribution in [3.05, 3.63) is 26.7 Å². The van der Waals surface area contributed by atoms with Crippen LogP contribution >= 0.6 is 22.7 Å². The summed E-state index contributed by atoms with van der Waals surface area (Å²) in [5.41, 5.74) is 8.36. The number of anilines is 1. The van der Waals surface area contributed by atoms with Gasteiger partial charge in [-0.05, 0) is 26.2 Å². The number of hydrogen-bond donors (Lipinski definition) is 1. The van der Waals surface area contributed by atoms with Crippen LogP contribution in [0, 0.1) is 6.92 Å². The molecule has 1 aliphatic rings. The molecule has 2 N–H and O–H groups in total. The second-order valence-corrected chi connectivity index (χ2v) is 7.14. The molecule has 1 aliphatic carbocycles. The molecule has 2 aromatic rings. The lowest BCUT2D eigenvalue weighted by molar-refractivity contribution is 0.563. The van der Waals surface area contributed by atoms with E-state index in [0.717, 1.165) is 40.9 Å². The van der Waals surface area contributed by atoms with E-state index in [2.05, 4.69) is 22.3 Å². The Labute approximate surface area is 121 Å². The number of nitrogens with zero attached hydrogens (tertiary/aromatic N) is 3. The highest BCUT2D eigenvalue weighted by molar-refractivity contribution is 7.15. The highest BCUT2D eigenvalue weighted by atomic mass is 32.1. The van der Waals surface area contributed by atoms with Crippen LogP contribution in [0.1, 0.15) is 40.2 Å². The first kappa shape index (κ1) is 13.0. The maximum absolute atomic E-state index is 6.13. The van der Waals surface area contributed by atoms with Crippen LogP contribution in [0.25, 0.3) is 0 Å². The van der Waals surface area contributed by atoms with Crippen LogP contribution in [0.3, 0.4) is 0 Å². The van der Waals surface area contributed by atoms with Gasteiger partial charge in [0.2, 0.25) is 0 Å². The van der Waals surface area contributed by atoms with Crippen LogP contribution in [-0.4, -0.2) is 17.0 Å². The van der Waals surface area contributed by atoms with Gasteiger partial charge in [-0.1, -0.05) is 0 Å². The first-order chi connectivity index (χ1) is 9.13. The van der Waals surface area contributed by atoms with Gasteiger partial charge in [0.15, 0.2) is 5.13 Å². The molecule has 102 valence electrons. The summed E-state index contributed by atoms with van der Waals surface area (Å²) in [4.78, 5) is 12.8. The van der Waals surface area contributed by atoms with Crippen LogP contribution in [0.4, 0.5) is 5.13 Å². The van der Waals surface area contributed by atoms with Gasteiger partial charge < -0.3 is 10.6 Å². The van der Waals surface area contributed by atoms with Crippen molar-refractivity contribution in [1.82, 2.24) is 9.97 Å². The zero-order chi connectivity index (χ0) is 13.4. The molecule has 4 nitrogen and oxygen atoms in total. The molecular weight excluding hydrogens is 276 g/mol. The zero-order valence-electron chi connectivity index (χ0n) is 11.2. The molecule has 0 bridgehead atoms. The van der Waals surface area contributed by atoms with E-state index in [-0.39, 0.29) is 6.04 Å². The summed E-state index contributed by atoms with van der Waals surface area (Å²) >= 11 is 3.48. The van der Waals surface area contributed by atoms with Crippen molar-refractivity contribution in [3.8, 4) is 0 Å². The molecule has 0 amide bonds. The molecule has 0 saturated carbocycles. The van der Waals surface area contributed by atoms with Crippen molar-refractivity contribution < 1.29 is 0 Å². The van der Waals surface area contributed by atoms with E-state index in [0.29, 0.717) is 0 Å². The first-order valence-electron chi connectivity index (χ1n) is 6.51. The van der Waals surface area contributed by atoms with Crippen molar-refractivity contribution in [1.29, 1.82) is 0 Å². The molecule has 6 heteroatoms. The molecule has 19 heavy (non-hydrogen) atoms. The van der Waals surface area contributed by atoms with Gasteiger partial charge in [-0.15, -0.1) is 22.7 Å². The second-order valence-electron chi connectivity index (χ2n) is 5.02. The summed E-state index contributed by atoms with van der Waals surface area (Å²) in [6.45, 7) is 2.85. The van der Waals surface area contributed by atoms with Crippen LogP contribution in [0.15, 0.2) is 5.38 Å². The van der Waals surface area contributed by atoms with Gasteiger partial charge in [0.25, 0.3) is 0 Å². The number of fused-ring (bicyclic) bond motifs is 1. The normalized spacial score (nSPS) is 18.4. The van der Waals surface area contributed by atoms with Gasteiger partial charge in [-0.3, -0.25) is 0 Å². The van der Waals surface area contributed by atoms with Crippen molar-refractivity contribution in [2.75, 3.05) is 11.9 Å². The van der Waals surface area contributed by atoms with E-state index < -0.39 is 0 Å². The number of aryl methyl sites for hydroxylation is 2. The van der Waals surface area contributed by atoms with Crippen molar-refractivity contribution >= 4 is 27.8 Å². The lowest BCUT2D eigenvalue weighted by atomic mass is 9.99. The Balaban J connectivity index is 1.78. The van der Waals surface area contributed by atoms with Gasteiger partial charge >= 0.3 is 0 Å². The van der Waals surface area contributed by atoms with Gasteiger partial charge in [-0.25, -0.2) is 9.97 Å². The van der Waals surface area contributed by atoms with Crippen molar-refractivity contribution in [2.24, 2.45) is 5.73 Å². The average Bonchev–Trinajstić information content (AvgIpc) is 2.96. The minimum absolute atomic E-state index is 0.128. The molecule has 0 aromatic carbocycles. The van der Waals surface area contributed by atoms with E-state index in [1.54, 1.807) is 22.7 Å². The third-order valence-corrected chi connectivity index (χ3v) is 5.45. The predicted octanol–water partition coefficient (Wildman–Crippen LogP) is 2.88. The monoisotopic (exact) mass is 294 g/mol. The zero-order valence-corrected chi connectivity index (χ0v) is 12.9. The Morgan fingerprint density at radius 3 is 3.00 bits per heavy atom. The van der Waals surface area contributed by atoms with Crippen molar-refractivity contribution in [3.63, 3.8) is 0 Å². The van der Waals surface area contributed by atoms with E-state index in [1.807, 2.05) is 6.92 Å². The lowest BCUT2D eigenvalue weighted by Gasteiger charge is -2.16. The van der Waals surface area contributed by atoms with Crippen LogP contribution in [-0.2, 0) is 13.0 Å². The van der Waals surface area contributed by atoms with Crippen LogP contribution < -0.4 is 10.6 Å². The third-order valence-electron chi connectivity index (χ3n) is 3.38. The van der Waals surface area contributed by atoms with Crippen molar-refractivity contribution in [2.45, 2.75) is 38.8 Å². The molecule has 3 rings (SSSR count). The standard InChI is InChI=1S/C13H18N4S2/c1-8-15-9(7-18-8)6-17(2)13-16-12-10(14)4-3-5-11(12)19-13/h7,10H,3-6,14H2,1-2H3. The summed E-state index contributed by atoms with van der Waals surface area (Å²) in [6, 6.07) is 0.128. The maximum atomic E-state index is 6.13. The number of nitrogens with two attached hydrogens (primary N) is 1. The van der Waals surface area contributed by atoms with Crippen LogP contribution in [0.2, 0.25) is 0 Å². The first-order valence-corrected chi connectivity index (χ1v) is 8.20. The molecule has 2 heterocycles. The highest BCUT2D eigenvalue weighted by Crippen LogP contribution is 2.35. The molecule has 1 unspecified atom stereocenters. The molecule has 1 atom stereocenters. The summed E-state index contributed by atoms with van der Waals surface area (Å²) in [6.07, 6.45) is 3.38. The topological polar surface area (TPSA) is 55.0 Å². The summed E-state index contributed by atoms with van der Waals surface area (Å²) in [5.74, 6) is 0. The third kappa shape index (κ3) is 2.66. The Kier molecular flexibility index (Phi) is 3.56. The summed E-state index contributed by atoms with van der Waals surface area (Å²) < 4.78 is 0. The van der Waals surface area contributed by atoms with E-state index >= 15 is 0 Å². The molecule has 0 radical (unpaired) electrons. The molecular formula is C13H18N4S2.